The Kier molecular flexibility index (Phi) is 4.08. The number of nitrogens with zero attached hydrogens (tertiary/aromatic N) is 1. The van der Waals surface area contributed by atoms with Crippen LogP contribution in [-0.4, -0.2) is 49.1 Å². The maximum atomic E-state index is 11.7. The number of nitrogens with one attached hydrogen (secondary N) is 1. The lowest BCUT2D eigenvalue weighted by Crippen LogP contribution is -2.61. The van der Waals surface area contributed by atoms with E-state index in [1.165, 1.54) is 0 Å². The third kappa shape index (κ3) is 2.47. The average molecular weight is 214 g/mol. The number of methoxy groups -OCH3 is 1. The minimum absolute atomic E-state index is 0.0361. The highest BCUT2D eigenvalue weighted by molar-refractivity contribution is 5.94. The number of hydrogen-bond donors (Lipinski definition) is 1. The number of carbonyl (C=O) groups excluding carboxylic acids is 2. The van der Waals surface area contributed by atoms with E-state index in [1.807, 2.05) is 13.8 Å². The summed E-state index contributed by atoms with van der Waals surface area (Å²) in [5, 5.41) is 2.59. The van der Waals surface area contributed by atoms with Gasteiger partial charge < -0.3 is 15.0 Å². The van der Waals surface area contributed by atoms with E-state index in [9.17, 15) is 9.59 Å². The van der Waals surface area contributed by atoms with Crippen LogP contribution < -0.4 is 5.32 Å². The highest BCUT2D eigenvalue weighted by Gasteiger charge is 2.35. The van der Waals surface area contributed by atoms with Crippen LogP contribution in [-0.2, 0) is 14.3 Å². The normalized spacial score (nSPS) is 23.9. The molecule has 0 aromatic carbocycles. The molecule has 1 aliphatic rings. The number of piperazine rings is 1. The van der Waals surface area contributed by atoms with Crippen molar-refractivity contribution < 1.29 is 14.3 Å². The van der Waals surface area contributed by atoms with E-state index in [4.69, 9.17) is 4.74 Å². The summed E-state index contributed by atoms with van der Waals surface area (Å²) in [7, 11) is 1.59. The van der Waals surface area contributed by atoms with Crippen molar-refractivity contribution in [3.63, 3.8) is 0 Å². The lowest BCUT2D eigenvalue weighted by Gasteiger charge is -2.38. The van der Waals surface area contributed by atoms with Crippen LogP contribution in [0.1, 0.15) is 20.3 Å². The topological polar surface area (TPSA) is 58.6 Å². The summed E-state index contributed by atoms with van der Waals surface area (Å²) in [6, 6.07) is -0.408. The Balaban J connectivity index is 2.78. The predicted molar refractivity (Wildman–Crippen MR) is 55.3 cm³/mol. The molecule has 1 N–H and O–H groups in total. The summed E-state index contributed by atoms with van der Waals surface area (Å²) in [5.41, 5.74) is 0. The highest BCUT2D eigenvalue weighted by atomic mass is 16.5. The van der Waals surface area contributed by atoms with Gasteiger partial charge in [-0.15, -0.1) is 0 Å². The van der Waals surface area contributed by atoms with Crippen LogP contribution in [0.3, 0.4) is 0 Å². The van der Waals surface area contributed by atoms with E-state index < -0.39 is 0 Å². The van der Waals surface area contributed by atoms with Crippen LogP contribution in [0.4, 0.5) is 0 Å². The SMILES string of the molecule is CCC1C(=O)NCC(=O)N1C(C)COC. The lowest BCUT2D eigenvalue weighted by molar-refractivity contribution is -0.149. The summed E-state index contributed by atoms with van der Waals surface area (Å²) in [5.74, 6) is -0.106. The van der Waals surface area contributed by atoms with Gasteiger partial charge in [0.1, 0.15) is 6.04 Å². The molecular formula is C10H18N2O3. The molecule has 0 aliphatic carbocycles. The van der Waals surface area contributed by atoms with E-state index in [0.717, 1.165) is 0 Å². The fourth-order valence-corrected chi connectivity index (χ4v) is 1.93. The number of rotatable bonds is 4. The van der Waals surface area contributed by atoms with E-state index >= 15 is 0 Å². The van der Waals surface area contributed by atoms with Gasteiger partial charge in [-0.25, -0.2) is 0 Å². The Morgan fingerprint density at radius 3 is 2.80 bits per heavy atom. The maximum absolute atomic E-state index is 11.7. The van der Waals surface area contributed by atoms with E-state index in [-0.39, 0.29) is 30.4 Å². The number of amides is 2. The van der Waals surface area contributed by atoms with E-state index in [1.54, 1.807) is 12.0 Å². The zero-order chi connectivity index (χ0) is 11.4. The molecule has 0 aromatic heterocycles. The van der Waals surface area contributed by atoms with Gasteiger partial charge in [-0.3, -0.25) is 9.59 Å². The van der Waals surface area contributed by atoms with Crippen molar-refractivity contribution in [3.8, 4) is 0 Å². The lowest BCUT2D eigenvalue weighted by atomic mass is 10.1. The maximum Gasteiger partial charge on any atom is 0.243 e. The van der Waals surface area contributed by atoms with Gasteiger partial charge in [0, 0.05) is 7.11 Å². The Labute approximate surface area is 89.8 Å². The zero-order valence-electron chi connectivity index (χ0n) is 9.45. The molecule has 0 saturated carbocycles. The molecular weight excluding hydrogens is 196 g/mol. The Morgan fingerprint density at radius 2 is 2.27 bits per heavy atom. The quantitative estimate of drug-likeness (QED) is 0.702. The Bertz CT molecular complexity index is 255. The minimum atomic E-state index is -0.351. The zero-order valence-corrected chi connectivity index (χ0v) is 9.45. The molecule has 15 heavy (non-hydrogen) atoms. The van der Waals surface area contributed by atoms with Crippen molar-refractivity contribution in [3.05, 3.63) is 0 Å². The molecule has 2 amide bonds. The molecule has 0 spiro atoms. The van der Waals surface area contributed by atoms with E-state index in [2.05, 4.69) is 5.32 Å². The Morgan fingerprint density at radius 1 is 1.60 bits per heavy atom. The van der Waals surface area contributed by atoms with Crippen LogP contribution in [0.2, 0.25) is 0 Å². The minimum Gasteiger partial charge on any atom is -0.383 e. The second-order valence-corrected chi connectivity index (χ2v) is 3.75. The summed E-state index contributed by atoms with van der Waals surface area (Å²) in [6.07, 6.45) is 0.631. The van der Waals surface area contributed by atoms with Gasteiger partial charge in [0.15, 0.2) is 0 Å². The molecule has 1 rings (SSSR count). The summed E-state index contributed by atoms with van der Waals surface area (Å²) < 4.78 is 5.01. The molecule has 0 bridgehead atoms. The standard InChI is InChI=1S/C10H18N2O3/c1-4-8-10(14)11-5-9(13)12(8)7(2)6-15-3/h7-8H,4-6H2,1-3H3,(H,11,14). The summed E-state index contributed by atoms with van der Waals surface area (Å²) in [6.45, 7) is 4.34. The third-order valence-corrected chi connectivity index (χ3v) is 2.61. The molecule has 86 valence electrons. The number of hydrogen-bond acceptors (Lipinski definition) is 3. The second kappa shape index (κ2) is 5.11. The first kappa shape index (κ1) is 12.0. The Hall–Kier alpha value is -1.10. The van der Waals surface area contributed by atoms with Gasteiger partial charge in [0.25, 0.3) is 0 Å². The highest BCUT2D eigenvalue weighted by Crippen LogP contribution is 2.13. The largest absolute Gasteiger partial charge is 0.383 e. The first-order chi connectivity index (χ1) is 7.11. The van der Waals surface area contributed by atoms with Crippen molar-refractivity contribution in [2.75, 3.05) is 20.3 Å². The monoisotopic (exact) mass is 214 g/mol. The molecule has 5 heteroatoms. The second-order valence-electron chi connectivity index (χ2n) is 3.75. The molecule has 2 unspecified atom stereocenters. The van der Waals surface area contributed by atoms with Gasteiger partial charge in [-0.05, 0) is 13.3 Å². The van der Waals surface area contributed by atoms with Crippen molar-refractivity contribution >= 4 is 11.8 Å². The van der Waals surface area contributed by atoms with Crippen LogP contribution in [0.25, 0.3) is 0 Å². The molecule has 0 radical (unpaired) electrons. The summed E-state index contributed by atoms with van der Waals surface area (Å²) in [4.78, 5) is 24.9. The van der Waals surface area contributed by atoms with Crippen molar-refractivity contribution in [2.45, 2.75) is 32.4 Å². The number of ether oxygens (including phenoxy) is 1. The number of carbonyl (C=O) groups is 2. The van der Waals surface area contributed by atoms with Gasteiger partial charge in [0.05, 0.1) is 19.2 Å². The first-order valence-corrected chi connectivity index (χ1v) is 5.19. The van der Waals surface area contributed by atoms with E-state index in [0.29, 0.717) is 13.0 Å². The summed E-state index contributed by atoms with van der Waals surface area (Å²) >= 11 is 0. The third-order valence-electron chi connectivity index (χ3n) is 2.61. The van der Waals surface area contributed by atoms with Gasteiger partial charge in [0.2, 0.25) is 11.8 Å². The van der Waals surface area contributed by atoms with Crippen LogP contribution in [0.15, 0.2) is 0 Å². The molecule has 1 aliphatic heterocycles. The van der Waals surface area contributed by atoms with Gasteiger partial charge in [-0.1, -0.05) is 6.92 Å². The molecule has 1 saturated heterocycles. The molecule has 2 atom stereocenters. The van der Waals surface area contributed by atoms with Crippen molar-refractivity contribution in [1.82, 2.24) is 10.2 Å². The first-order valence-electron chi connectivity index (χ1n) is 5.19. The molecule has 1 heterocycles. The average Bonchev–Trinajstić information content (AvgIpc) is 2.21. The van der Waals surface area contributed by atoms with Crippen molar-refractivity contribution in [1.29, 1.82) is 0 Å². The predicted octanol–water partition coefficient (Wildman–Crippen LogP) is -0.242. The molecule has 0 aromatic rings. The van der Waals surface area contributed by atoms with Crippen molar-refractivity contribution in [2.24, 2.45) is 0 Å². The fraction of sp³-hybridized carbons (Fsp3) is 0.800. The van der Waals surface area contributed by atoms with Gasteiger partial charge in [-0.2, -0.15) is 0 Å². The van der Waals surface area contributed by atoms with Gasteiger partial charge >= 0.3 is 0 Å². The van der Waals surface area contributed by atoms with Crippen LogP contribution in [0, 0.1) is 0 Å². The fourth-order valence-electron chi connectivity index (χ4n) is 1.93. The molecule has 1 fully saturated rings. The smallest absolute Gasteiger partial charge is 0.243 e. The van der Waals surface area contributed by atoms with Crippen LogP contribution >= 0.6 is 0 Å². The molecule has 5 nitrogen and oxygen atoms in total. The van der Waals surface area contributed by atoms with Crippen LogP contribution in [0.5, 0.6) is 0 Å².